The molecule has 2 aromatic heterocycles. The SMILES string of the molecule is CNC(=O)c1cccc2sc(-c3nc(NCCCN4CCN(C)[C@@H](C)C4)ncc3C)cc12.Cl.Cl.Cl. The Hall–Kier alpha value is -1.68. The molecule has 1 fully saturated rings. The van der Waals surface area contributed by atoms with Gasteiger partial charge in [0.1, 0.15) is 0 Å². The van der Waals surface area contributed by atoms with E-state index in [9.17, 15) is 4.79 Å². The van der Waals surface area contributed by atoms with Crippen LogP contribution in [-0.4, -0.2) is 78.5 Å². The van der Waals surface area contributed by atoms with Crippen LogP contribution in [0.3, 0.4) is 0 Å². The molecule has 0 aliphatic carbocycles. The van der Waals surface area contributed by atoms with Gasteiger partial charge in [0.2, 0.25) is 5.95 Å². The zero-order chi connectivity index (χ0) is 22.7. The highest BCUT2D eigenvalue weighted by Gasteiger charge is 2.20. The van der Waals surface area contributed by atoms with Gasteiger partial charge < -0.3 is 20.4 Å². The molecular weight excluding hydrogens is 527 g/mol. The Labute approximate surface area is 230 Å². The van der Waals surface area contributed by atoms with Crippen molar-refractivity contribution in [1.82, 2.24) is 25.1 Å². The molecule has 7 nitrogen and oxygen atoms in total. The minimum absolute atomic E-state index is 0. The van der Waals surface area contributed by atoms with Crippen molar-refractivity contribution in [2.24, 2.45) is 0 Å². The summed E-state index contributed by atoms with van der Waals surface area (Å²) in [5.41, 5.74) is 2.63. The third-order valence-corrected chi connectivity index (χ3v) is 7.32. The quantitative estimate of drug-likeness (QED) is 0.406. The Morgan fingerprint density at radius 1 is 1.23 bits per heavy atom. The fourth-order valence-corrected chi connectivity index (χ4v) is 5.26. The van der Waals surface area contributed by atoms with Gasteiger partial charge in [0.05, 0.1) is 10.6 Å². The number of carbonyl (C=O) groups excluding carboxylic acids is 1. The Balaban J connectivity index is 0.00000204. The van der Waals surface area contributed by atoms with E-state index in [4.69, 9.17) is 4.98 Å². The van der Waals surface area contributed by atoms with Gasteiger partial charge in [0.25, 0.3) is 5.91 Å². The van der Waals surface area contributed by atoms with Crippen LogP contribution in [0.4, 0.5) is 5.95 Å². The van der Waals surface area contributed by atoms with Crippen LogP contribution in [0.2, 0.25) is 0 Å². The summed E-state index contributed by atoms with van der Waals surface area (Å²) in [6.07, 6.45) is 2.93. The van der Waals surface area contributed by atoms with Crippen molar-refractivity contribution >= 4 is 70.5 Å². The Morgan fingerprint density at radius 3 is 2.71 bits per heavy atom. The fraction of sp³-hybridized carbons (Fsp3) is 0.458. The van der Waals surface area contributed by atoms with Gasteiger partial charge in [-0.2, -0.15) is 0 Å². The van der Waals surface area contributed by atoms with Gasteiger partial charge in [0.15, 0.2) is 0 Å². The third kappa shape index (κ3) is 7.41. The number of anilines is 1. The average molecular weight is 562 g/mol. The molecule has 0 saturated carbocycles. The molecule has 4 rings (SSSR count). The normalized spacial score (nSPS) is 16.1. The summed E-state index contributed by atoms with van der Waals surface area (Å²) in [7, 11) is 3.86. The first-order valence-corrected chi connectivity index (χ1v) is 12.0. The summed E-state index contributed by atoms with van der Waals surface area (Å²) in [5, 5.41) is 7.08. The number of piperazine rings is 1. The van der Waals surface area contributed by atoms with Crippen LogP contribution < -0.4 is 10.6 Å². The van der Waals surface area contributed by atoms with Crippen LogP contribution in [0.25, 0.3) is 20.7 Å². The number of rotatable bonds is 7. The minimum atomic E-state index is -0.0727. The number of nitrogens with one attached hydrogen (secondary N) is 2. The number of halogens is 3. The van der Waals surface area contributed by atoms with Crippen molar-refractivity contribution in [3.8, 4) is 10.6 Å². The molecular formula is C24H35Cl3N6OS. The van der Waals surface area contributed by atoms with Gasteiger partial charge in [-0.15, -0.1) is 48.6 Å². The molecule has 1 amide bonds. The lowest BCUT2D eigenvalue weighted by atomic mass is 10.1. The van der Waals surface area contributed by atoms with Crippen LogP contribution in [0.1, 0.15) is 29.3 Å². The molecule has 3 heterocycles. The average Bonchev–Trinajstić information content (AvgIpc) is 3.23. The molecule has 11 heteroatoms. The van der Waals surface area contributed by atoms with Gasteiger partial charge in [-0.1, -0.05) is 6.07 Å². The fourth-order valence-electron chi connectivity index (χ4n) is 4.12. The van der Waals surface area contributed by atoms with Crippen LogP contribution in [0.5, 0.6) is 0 Å². The molecule has 1 saturated heterocycles. The maximum Gasteiger partial charge on any atom is 0.251 e. The summed E-state index contributed by atoms with van der Waals surface area (Å²) in [6.45, 7) is 9.64. The molecule has 1 aliphatic rings. The number of carbonyl (C=O) groups is 1. The monoisotopic (exact) mass is 560 g/mol. The predicted molar refractivity (Wildman–Crippen MR) is 154 cm³/mol. The summed E-state index contributed by atoms with van der Waals surface area (Å²) in [6, 6.07) is 8.51. The van der Waals surface area contributed by atoms with E-state index in [0.717, 1.165) is 65.4 Å². The molecule has 0 unspecified atom stereocenters. The van der Waals surface area contributed by atoms with Crippen molar-refractivity contribution in [2.75, 3.05) is 52.1 Å². The van der Waals surface area contributed by atoms with E-state index in [0.29, 0.717) is 17.6 Å². The number of amides is 1. The molecule has 0 bridgehead atoms. The highest BCUT2D eigenvalue weighted by atomic mass is 35.5. The van der Waals surface area contributed by atoms with Gasteiger partial charge in [-0.3, -0.25) is 4.79 Å². The van der Waals surface area contributed by atoms with E-state index in [1.54, 1.807) is 18.4 Å². The molecule has 35 heavy (non-hydrogen) atoms. The lowest BCUT2D eigenvalue weighted by molar-refractivity contribution is 0.0964. The number of thiophene rings is 1. The van der Waals surface area contributed by atoms with Crippen LogP contribution >= 0.6 is 48.6 Å². The number of likely N-dealkylation sites (N-methyl/N-ethyl adjacent to an activating group) is 1. The van der Waals surface area contributed by atoms with Gasteiger partial charge in [-0.25, -0.2) is 9.97 Å². The van der Waals surface area contributed by atoms with Gasteiger partial charge >= 0.3 is 0 Å². The number of hydrogen-bond acceptors (Lipinski definition) is 7. The second-order valence-electron chi connectivity index (χ2n) is 8.54. The molecule has 1 aromatic carbocycles. The first kappa shape index (κ1) is 31.4. The Bertz CT molecular complexity index is 1110. The van der Waals surface area contributed by atoms with Crippen molar-refractivity contribution < 1.29 is 4.79 Å². The van der Waals surface area contributed by atoms with E-state index >= 15 is 0 Å². The molecule has 0 spiro atoms. The summed E-state index contributed by atoms with van der Waals surface area (Å²) < 4.78 is 1.08. The summed E-state index contributed by atoms with van der Waals surface area (Å²) in [5.74, 6) is 0.581. The summed E-state index contributed by atoms with van der Waals surface area (Å²) >= 11 is 1.65. The molecule has 1 aliphatic heterocycles. The number of nitrogens with zero attached hydrogens (tertiary/aromatic N) is 4. The number of hydrogen-bond donors (Lipinski definition) is 2. The standard InChI is InChI=1S/C24H32N6OS.3ClH/c1-16-14-27-24(26-9-6-10-30-12-11-29(4)17(2)15-30)28-22(16)21-13-19-18(23(31)25-3)7-5-8-20(19)32-21;;;/h5,7-8,13-14,17H,6,9-12,15H2,1-4H3,(H,25,31)(H,26,27,28);3*1H/t17-;;;/m0.../s1. The lowest BCUT2D eigenvalue weighted by Gasteiger charge is -2.37. The highest BCUT2D eigenvalue weighted by Crippen LogP contribution is 2.35. The number of aryl methyl sites for hydroxylation is 1. The number of benzene rings is 1. The molecule has 3 aromatic rings. The lowest BCUT2D eigenvalue weighted by Crippen LogP contribution is -2.50. The summed E-state index contributed by atoms with van der Waals surface area (Å²) in [4.78, 5) is 27.5. The van der Waals surface area contributed by atoms with E-state index < -0.39 is 0 Å². The van der Waals surface area contributed by atoms with Gasteiger partial charge in [0, 0.05) is 61.1 Å². The van der Waals surface area contributed by atoms with E-state index in [1.165, 1.54) is 0 Å². The highest BCUT2D eigenvalue weighted by molar-refractivity contribution is 7.22. The van der Waals surface area contributed by atoms with Gasteiger partial charge in [-0.05, 0) is 57.6 Å². The third-order valence-electron chi connectivity index (χ3n) is 6.22. The zero-order valence-electron chi connectivity index (χ0n) is 20.5. The zero-order valence-corrected chi connectivity index (χ0v) is 23.8. The van der Waals surface area contributed by atoms with Crippen molar-refractivity contribution in [2.45, 2.75) is 26.3 Å². The number of fused-ring (bicyclic) bond motifs is 1. The Morgan fingerprint density at radius 2 is 2.00 bits per heavy atom. The second-order valence-corrected chi connectivity index (χ2v) is 9.63. The van der Waals surface area contributed by atoms with Crippen molar-refractivity contribution in [1.29, 1.82) is 0 Å². The second kappa shape index (κ2) is 14.2. The Kier molecular flexibility index (Phi) is 12.7. The smallest absolute Gasteiger partial charge is 0.251 e. The topological polar surface area (TPSA) is 73.4 Å². The van der Waals surface area contributed by atoms with E-state index in [-0.39, 0.29) is 43.1 Å². The largest absolute Gasteiger partial charge is 0.355 e. The minimum Gasteiger partial charge on any atom is -0.355 e. The van der Waals surface area contributed by atoms with Crippen molar-refractivity contribution in [3.05, 3.63) is 41.6 Å². The molecule has 1 atom stereocenters. The van der Waals surface area contributed by atoms with Crippen LogP contribution in [0, 0.1) is 6.92 Å². The van der Waals surface area contributed by atoms with Crippen LogP contribution in [-0.2, 0) is 0 Å². The molecule has 194 valence electrons. The maximum atomic E-state index is 12.2. The number of aromatic nitrogens is 2. The first-order valence-electron chi connectivity index (χ1n) is 11.2. The maximum absolute atomic E-state index is 12.2. The molecule has 0 radical (unpaired) electrons. The molecule has 2 N–H and O–H groups in total. The van der Waals surface area contributed by atoms with E-state index in [1.807, 2.05) is 31.3 Å². The first-order chi connectivity index (χ1) is 15.5. The predicted octanol–water partition coefficient (Wildman–Crippen LogP) is 4.73. The van der Waals surface area contributed by atoms with Crippen LogP contribution in [0.15, 0.2) is 30.5 Å². The van der Waals surface area contributed by atoms with Crippen molar-refractivity contribution in [3.63, 3.8) is 0 Å². The van der Waals surface area contributed by atoms with E-state index in [2.05, 4.69) is 45.5 Å².